The van der Waals surface area contributed by atoms with Gasteiger partial charge < -0.3 is 24.5 Å². The highest BCUT2D eigenvalue weighted by atomic mass is 16.5. The fraction of sp³-hybridized carbons (Fsp3) is 0.464. The van der Waals surface area contributed by atoms with Crippen molar-refractivity contribution in [3.8, 4) is 17.0 Å². The molecule has 0 spiro atoms. The fourth-order valence-corrected chi connectivity index (χ4v) is 5.03. The molecule has 3 aliphatic rings. The number of carbonyl (C=O) groups excluding carboxylic acids is 1. The van der Waals surface area contributed by atoms with Crippen molar-refractivity contribution < 1.29 is 19.0 Å². The standard InChI is InChI=1S/C28H33N3O4/c29-26-24-13-12-22(34-17-23-5-2-14-33-23)15-25(24)31(21-3-1-4-21)27(26)19-8-10-20(11-9-19)30-28(32)35-16-18-6-7-18/h8-13,15,18,21,23H,1-7,14,16-17,29H2,(H,30,32). The number of nitrogens with zero attached hydrogens (tertiary/aromatic N) is 1. The van der Waals surface area contributed by atoms with E-state index in [9.17, 15) is 4.79 Å². The van der Waals surface area contributed by atoms with Gasteiger partial charge in [0.25, 0.3) is 0 Å². The molecule has 6 rings (SSSR count). The highest BCUT2D eigenvalue weighted by molar-refractivity contribution is 6.01. The predicted octanol–water partition coefficient (Wildman–Crippen LogP) is 6.13. The van der Waals surface area contributed by atoms with Gasteiger partial charge in [-0.1, -0.05) is 12.1 Å². The molecule has 2 aliphatic carbocycles. The molecule has 7 nitrogen and oxygen atoms in total. The molecule has 1 aromatic heterocycles. The number of nitrogens with one attached hydrogen (secondary N) is 1. The monoisotopic (exact) mass is 475 g/mol. The number of aromatic nitrogens is 1. The smallest absolute Gasteiger partial charge is 0.411 e. The van der Waals surface area contributed by atoms with Crippen molar-refractivity contribution in [3.05, 3.63) is 42.5 Å². The lowest BCUT2D eigenvalue weighted by atomic mass is 9.92. The third kappa shape index (κ3) is 4.69. The SMILES string of the molecule is Nc1c(-c2ccc(NC(=O)OCC3CC3)cc2)n(C2CCC2)c2cc(OCC3CCCO3)ccc12. The number of hydrogen-bond acceptors (Lipinski definition) is 5. The molecule has 7 heteroatoms. The van der Waals surface area contributed by atoms with Crippen molar-refractivity contribution in [2.45, 2.75) is 57.1 Å². The van der Waals surface area contributed by atoms with Crippen molar-refractivity contribution in [3.63, 3.8) is 0 Å². The molecule has 0 radical (unpaired) electrons. The average molecular weight is 476 g/mol. The van der Waals surface area contributed by atoms with Gasteiger partial charge in [-0.15, -0.1) is 0 Å². The number of carbonyl (C=O) groups is 1. The minimum atomic E-state index is -0.400. The second-order valence-electron chi connectivity index (χ2n) is 10.1. The summed E-state index contributed by atoms with van der Waals surface area (Å²) in [5.41, 5.74) is 11.4. The molecule has 35 heavy (non-hydrogen) atoms. The maximum Gasteiger partial charge on any atom is 0.411 e. The molecule has 1 amide bonds. The Kier molecular flexibility index (Phi) is 6.02. The minimum absolute atomic E-state index is 0.183. The fourth-order valence-electron chi connectivity index (χ4n) is 5.03. The maximum atomic E-state index is 12.1. The van der Waals surface area contributed by atoms with Gasteiger partial charge in [0.05, 0.1) is 29.6 Å². The van der Waals surface area contributed by atoms with E-state index in [0.29, 0.717) is 30.9 Å². The van der Waals surface area contributed by atoms with Gasteiger partial charge in [-0.3, -0.25) is 5.32 Å². The molecule has 184 valence electrons. The molecule has 2 saturated carbocycles. The van der Waals surface area contributed by atoms with Crippen LogP contribution >= 0.6 is 0 Å². The number of fused-ring (bicyclic) bond motifs is 1. The summed E-state index contributed by atoms with van der Waals surface area (Å²) < 4.78 is 19.5. The Morgan fingerprint density at radius 3 is 2.54 bits per heavy atom. The van der Waals surface area contributed by atoms with Gasteiger partial charge in [0.1, 0.15) is 12.4 Å². The van der Waals surface area contributed by atoms with Crippen LogP contribution in [0.3, 0.4) is 0 Å². The summed E-state index contributed by atoms with van der Waals surface area (Å²) in [6.07, 6.45) is 7.76. The Bertz CT molecular complexity index is 1210. The Labute approximate surface area is 205 Å². The number of amides is 1. The van der Waals surface area contributed by atoms with E-state index in [-0.39, 0.29) is 6.10 Å². The second kappa shape index (κ2) is 9.46. The molecular formula is C28H33N3O4. The van der Waals surface area contributed by atoms with Crippen LogP contribution < -0.4 is 15.8 Å². The van der Waals surface area contributed by atoms with E-state index in [0.717, 1.165) is 78.7 Å². The van der Waals surface area contributed by atoms with Crippen LogP contribution in [0, 0.1) is 5.92 Å². The van der Waals surface area contributed by atoms with Crippen LogP contribution in [0.2, 0.25) is 0 Å². The van der Waals surface area contributed by atoms with Gasteiger partial charge in [0.2, 0.25) is 0 Å². The first-order chi connectivity index (χ1) is 17.2. The van der Waals surface area contributed by atoms with Crippen LogP contribution in [-0.2, 0) is 9.47 Å². The zero-order valence-electron chi connectivity index (χ0n) is 20.0. The largest absolute Gasteiger partial charge is 0.491 e. The van der Waals surface area contributed by atoms with Crippen LogP contribution in [0.25, 0.3) is 22.2 Å². The number of nitrogen functional groups attached to an aromatic ring is 1. The van der Waals surface area contributed by atoms with Crippen molar-refractivity contribution >= 4 is 28.4 Å². The summed E-state index contributed by atoms with van der Waals surface area (Å²) in [6.45, 7) is 1.91. The van der Waals surface area contributed by atoms with E-state index in [1.807, 2.05) is 30.3 Å². The first-order valence-electron chi connectivity index (χ1n) is 12.9. The van der Waals surface area contributed by atoms with Crippen molar-refractivity contribution in [1.29, 1.82) is 0 Å². The molecule has 0 bridgehead atoms. The first-order valence-corrected chi connectivity index (χ1v) is 12.9. The molecule has 1 saturated heterocycles. The summed E-state index contributed by atoms with van der Waals surface area (Å²) in [5.74, 6) is 1.39. The third-order valence-corrected chi connectivity index (χ3v) is 7.47. The molecule has 2 heterocycles. The lowest BCUT2D eigenvalue weighted by molar-refractivity contribution is 0.0680. The molecule has 2 aromatic carbocycles. The number of rotatable bonds is 8. The Morgan fingerprint density at radius 2 is 1.86 bits per heavy atom. The summed E-state index contributed by atoms with van der Waals surface area (Å²) in [6, 6.07) is 14.5. The van der Waals surface area contributed by atoms with Crippen LogP contribution in [0.5, 0.6) is 5.75 Å². The van der Waals surface area contributed by atoms with Gasteiger partial charge >= 0.3 is 6.09 Å². The second-order valence-corrected chi connectivity index (χ2v) is 10.1. The van der Waals surface area contributed by atoms with Crippen molar-refractivity contribution in [2.24, 2.45) is 5.92 Å². The summed E-state index contributed by atoms with van der Waals surface area (Å²) in [4.78, 5) is 12.1. The lowest BCUT2D eigenvalue weighted by Crippen LogP contribution is -2.18. The van der Waals surface area contributed by atoms with Crippen LogP contribution in [0.4, 0.5) is 16.2 Å². The van der Waals surface area contributed by atoms with E-state index in [1.165, 1.54) is 6.42 Å². The number of hydrogen-bond donors (Lipinski definition) is 2. The molecule has 1 unspecified atom stereocenters. The Morgan fingerprint density at radius 1 is 1.03 bits per heavy atom. The number of anilines is 2. The van der Waals surface area contributed by atoms with Crippen molar-refractivity contribution in [1.82, 2.24) is 4.57 Å². The zero-order valence-corrected chi connectivity index (χ0v) is 20.0. The Balaban J connectivity index is 1.26. The zero-order chi connectivity index (χ0) is 23.8. The summed E-state index contributed by atoms with van der Waals surface area (Å²) in [7, 11) is 0. The van der Waals surface area contributed by atoms with E-state index in [4.69, 9.17) is 19.9 Å². The van der Waals surface area contributed by atoms with E-state index in [2.05, 4.69) is 22.0 Å². The molecule has 1 aliphatic heterocycles. The molecular weight excluding hydrogens is 442 g/mol. The topological polar surface area (TPSA) is 87.7 Å². The molecule has 3 aromatic rings. The van der Waals surface area contributed by atoms with Gasteiger partial charge in [0.15, 0.2) is 0 Å². The van der Waals surface area contributed by atoms with Gasteiger partial charge in [-0.2, -0.15) is 0 Å². The van der Waals surface area contributed by atoms with E-state index in [1.54, 1.807) is 0 Å². The van der Waals surface area contributed by atoms with Gasteiger partial charge in [-0.25, -0.2) is 4.79 Å². The summed E-state index contributed by atoms with van der Waals surface area (Å²) >= 11 is 0. The Hall–Kier alpha value is -3.19. The van der Waals surface area contributed by atoms with Crippen molar-refractivity contribution in [2.75, 3.05) is 30.9 Å². The van der Waals surface area contributed by atoms with Crippen LogP contribution in [0.15, 0.2) is 42.5 Å². The molecule has 3 fully saturated rings. The number of benzene rings is 2. The minimum Gasteiger partial charge on any atom is -0.491 e. The number of nitrogens with two attached hydrogens (primary N) is 1. The quantitative estimate of drug-likeness (QED) is 0.409. The first kappa shape index (κ1) is 22.3. The maximum absolute atomic E-state index is 12.1. The lowest BCUT2D eigenvalue weighted by Gasteiger charge is -2.30. The third-order valence-electron chi connectivity index (χ3n) is 7.47. The normalized spacial score (nSPS) is 20.1. The van der Waals surface area contributed by atoms with Gasteiger partial charge in [0, 0.05) is 35.4 Å². The van der Waals surface area contributed by atoms with Crippen LogP contribution in [0.1, 0.15) is 51.0 Å². The van der Waals surface area contributed by atoms with Gasteiger partial charge in [-0.05, 0) is 75.1 Å². The highest BCUT2D eigenvalue weighted by Crippen LogP contribution is 2.45. The highest BCUT2D eigenvalue weighted by Gasteiger charge is 2.27. The molecule has 1 atom stereocenters. The van der Waals surface area contributed by atoms with E-state index < -0.39 is 6.09 Å². The van der Waals surface area contributed by atoms with E-state index >= 15 is 0 Å². The average Bonchev–Trinajstić information content (AvgIpc) is 3.44. The predicted molar refractivity (Wildman–Crippen MR) is 137 cm³/mol. The molecule has 3 N–H and O–H groups in total. The van der Waals surface area contributed by atoms with Crippen LogP contribution in [-0.4, -0.2) is 36.6 Å². The summed E-state index contributed by atoms with van der Waals surface area (Å²) in [5, 5.41) is 3.87. The number of ether oxygens (including phenoxy) is 3.